The Hall–Kier alpha value is -4.45. The van der Waals surface area contributed by atoms with Crippen LogP contribution < -0.4 is 15.4 Å². The summed E-state index contributed by atoms with van der Waals surface area (Å²) in [5, 5.41) is 7.42. The number of hydrogen-bond donors (Lipinski definition) is 2. The predicted molar refractivity (Wildman–Crippen MR) is 134 cm³/mol. The summed E-state index contributed by atoms with van der Waals surface area (Å²) in [4.78, 5) is 37.2. The Morgan fingerprint density at radius 1 is 0.794 bits per heavy atom. The second-order valence-corrected chi connectivity index (χ2v) is 7.94. The summed E-state index contributed by atoms with van der Waals surface area (Å²) in [5.41, 5.74) is 2.97. The van der Waals surface area contributed by atoms with Gasteiger partial charge < -0.3 is 15.4 Å². The van der Waals surface area contributed by atoms with Crippen molar-refractivity contribution < 1.29 is 19.1 Å². The number of aryl methyl sites for hydroxylation is 1. The van der Waals surface area contributed by atoms with Crippen molar-refractivity contribution in [2.75, 3.05) is 17.2 Å². The molecule has 0 aliphatic rings. The van der Waals surface area contributed by atoms with Crippen molar-refractivity contribution in [2.45, 2.75) is 13.8 Å². The fraction of sp³-hybridized carbons (Fsp3) is 0.107. The van der Waals surface area contributed by atoms with Gasteiger partial charge in [0.05, 0.1) is 5.56 Å². The number of carbonyl (C=O) groups excluding carboxylic acids is 3. The number of amides is 2. The van der Waals surface area contributed by atoms with Crippen LogP contribution in [-0.4, -0.2) is 24.2 Å². The highest BCUT2D eigenvalue weighted by Gasteiger charge is 2.17. The first-order chi connectivity index (χ1) is 16.4. The van der Waals surface area contributed by atoms with E-state index in [4.69, 9.17) is 4.74 Å². The number of ether oxygens (including phenoxy) is 1. The van der Waals surface area contributed by atoms with Crippen LogP contribution in [-0.2, 0) is 4.79 Å². The molecule has 0 spiro atoms. The summed E-state index contributed by atoms with van der Waals surface area (Å²) in [6.07, 6.45) is 0. The molecule has 6 nitrogen and oxygen atoms in total. The van der Waals surface area contributed by atoms with E-state index in [1.54, 1.807) is 36.4 Å². The highest BCUT2D eigenvalue weighted by molar-refractivity contribution is 6.09. The fourth-order valence-corrected chi connectivity index (χ4v) is 3.58. The monoisotopic (exact) mass is 452 g/mol. The van der Waals surface area contributed by atoms with E-state index in [2.05, 4.69) is 10.6 Å². The highest BCUT2D eigenvalue weighted by Crippen LogP contribution is 2.28. The number of hydrogen-bond acceptors (Lipinski definition) is 4. The van der Waals surface area contributed by atoms with Crippen LogP contribution >= 0.6 is 0 Å². The fourth-order valence-electron chi connectivity index (χ4n) is 3.58. The molecule has 0 bridgehead atoms. The zero-order valence-electron chi connectivity index (χ0n) is 18.9. The van der Waals surface area contributed by atoms with Gasteiger partial charge in [0.15, 0.2) is 12.4 Å². The highest BCUT2D eigenvalue weighted by atomic mass is 16.5. The minimum Gasteiger partial charge on any atom is -0.483 e. The lowest BCUT2D eigenvalue weighted by Gasteiger charge is -2.14. The van der Waals surface area contributed by atoms with Gasteiger partial charge in [-0.05, 0) is 60.5 Å². The third kappa shape index (κ3) is 5.30. The first-order valence-electron chi connectivity index (χ1n) is 10.8. The number of fused-ring (bicyclic) bond motifs is 1. The van der Waals surface area contributed by atoms with Crippen molar-refractivity contribution in [1.82, 2.24) is 0 Å². The third-order valence-electron chi connectivity index (χ3n) is 5.40. The Balaban J connectivity index is 1.55. The minimum absolute atomic E-state index is 0.0900. The Labute approximate surface area is 197 Å². The lowest BCUT2D eigenvalue weighted by molar-refractivity contribution is -0.118. The molecule has 0 atom stereocenters. The Bertz CT molecular complexity index is 1390. The van der Waals surface area contributed by atoms with E-state index < -0.39 is 5.91 Å². The molecule has 0 aliphatic heterocycles. The second kappa shape index (κ2) is 10.0. The summed E-state index contributed by atoms with van der Waals surface area (Å²) in [6, 6.07) is 25.3. The number of rotatable bonds is 7. The van der Waals surface area contributed by atoms with Gasteiger partial charge in [0.2, 0.25) is 0 Å². The number of para-hydroxylation sites is 1. The van der Waals surface area contributed by atoms with E-state index in [0.717, 1.165) is 16.3 Å². The molecule has 4 rings (SSSR count). The van der Waals surface area contributed by atoms with Crippen LogP contribution in [0.25, 0.3) is 10.8 Å². The third-order valence-corrected chi connectivity index (χ3v) is 5.40. The van der Waals surface area contributed by atoms with Crippen LogP contribution in [0, 0.1) is 6.92 Å². The molecule has 4 aromatic rings. The van der Waals surface area contributed by atoms with Gasteiger partial charge in [0, 0.05) is 16.9 Å². The van der Waals surface area contributed by atoms with Gasteiger partial charge in [0.25, 0.3) is 11.8 Å². The van der Waals surface area contributed by atoms with Gasteiger partial charge in [-0.25, -0.2) is 0 Å². The molecule has 2 N–H and O–H groups in total. The van der Waals surface area contributed by atoms with Crippen LogP contribution in [0.4, 0.5) is 11.4 Å². The maximum absolute atomic E-state index is 13.1. The standard InChI is InChI=1S/C28H24N2O4/c1-18-8-3-6-13-25(18)30-28(33)24-15-21-9-4-5-10-22(21)16-26(24)34-17-27(32)29-23-12-7-11-20(14-23)19(2)31/h3-16H,17H2,1-2H3,(H,29,32)(H,30,33). The normalized spacial score (nSPS) is 10.5. The molecule has 2 amide bonds. The number of carbonyl (C=O) groups is 3. The Morgan fingerprint density at radius 2 is 1.50 bits per heavy atom. The van der Waals surface area contributed by atoms with Gasteiger partial charge >= 0.3 is 0 Å². The van der Waals surface area contributed by atoms with Crippen LogP contribution in [0.3, 0.4) is 0 Å². The summed E-state index contributed by atoms with van der Waals surface area (Å²) >= 11 is 0. The first kappa shape index (κ1) is 22.7. The average Bonchev–Trinajstić information content (AvgIpc) is 2.83. The molecule has 0 fully saturated rings. The number of anilines is 2. The average molecular weight is 453 g/mol. The van der Waals surface area contributed by atoms with E-state index in [-0.39, 0.29) is 18.3 Å². The molecular weight excluding hydrogens is 428 g/mol. The molecular formula is C28H24N2O4. The van der Waals surface area contributed by atoms with Crippen molar-refractivity contribution >= 4 is 39.7 Å². The molecule has 170 valence electrons. The number of ketones is 1. The van der Waals surface area contributed by atoms with Crippen molar-refractivity contribution in [3.8, 4) is 5.75 Å². The first-order valence-corrected chi connectivity index (χ1v) is 10.8. The van der Waals surface area contributed by atoms with Gasteiger partial charge in [-0.15, -0.1) is 0 Å². The Morgan fingerprint density at radius 3 is 2.24 bits per heavy atom. The summed E-state index contributed by atoms with van der Waals surface area (Å²) in [7, 11) is 0. The molecule has 34 heavy (non-hydrogen) atoms. The second-order valence-electron chi connectivity index (χ2n) is 7.94. The largest absolute Gasteiger partial charge is 0.483 e. The molecule has 4 aromatic carbocycles. The van der Waals surface area contributed by atoms with Crippen LogP contribution in [0.15, 0.2) is 84.9 Å². The Kier molecular flexibility index (Phi) is 6.69. The number of benzene rings is 4. The van der Waals surface area contributed by atoms with E-state index in [1.807, 2.05) is 55.5 Å². The van der Waals surface area contributed by atoms with E-state index >= 15 is 0 Å². The molecule has 0 radical (unpaired) electrons. The van der Waals surface area contributed by atoms with Gasteiger partial charge in [0.1, 0.15) is 5.75 Å². The zero-order valence-corrected chi connectivity index (χ0v) is 18.9. The van der Waals surface area contributed by atoms with Crippen molar-refractivity contribution in [3.05, 3.63) is 102 Å². The molecule has 0 saturated heterocycles. The van der Waals surface area contributed by atoms with Crippen molar-refractivity contribution in [2.24, 2.45) is 0 Å². The van der Waals surface area contributed by atoms with Crippen LogP contribution in [0.1, 0.15) is 33.2 Å². The van der Waals surface area contributed by atoms with Crippen LogP contribution in [0.2, 0.25) is 0 Å². The number of Topliss-reactive ketones (excluding diaryl/α,β-unsaturated/α-hetero) is 1. The van der Waals surface area contributed by atoms with E-state index in [1.165, 1.54) is 6.92 Å². The molecule has 0 aliphatic carbocycles. The number of nitrogens with one attached hydrogen (secondary N) is 2. The molecule has 0 unspecified atom stereocenters. The van der Waals surface area contributed by atoms with Crippen LogP contribution in [0.5, 0.6) is 5.75 Å². The lowest BCUT2D eigenvalue weighted by atomic mass is 10.0. The summed E-state index contributed by atoms with van der Waals surface area (Å²) in [5.74, 6) is -0.519. The van der Waals surface area contributed by atoms with Gasteiger partial charge in [-0.2, -0.15) is 0 Å². The summed E-state index contributed by atoms with van der Waals surface area (Å²) < 4.78 is 5.81. The molecule has 0 heterocycles. The van der Waals surface area contributed by atoms with Crippen molar-refractivity contribution in [1.29, 1.82) is 0 Å². The van der Waals surface area contributed by atoms with Crippen molar-refractivity contribution in [3.63, 3.8) is 0 Å². The van der Waals surface area contributed by atoms with E-state index in [0.29, 0.717) is 28.3 Å². The van der Waals surface area contributed by atoms with E-state index in [9.17, 15) is 14.4 Å². The lowest BCUT2D eigenvalue weighted by Crippen LogP contribution is -2.22. The smallest absolute Gasteiger partial charge is 0.262 e. The molecule has 0 aromatic heterocycles. The molecule has 6 heteroatoms. The topological polar surface area (TPSA) is 84.5 Å². The van der Waals surface area contributed by atoms with Gasteiger partial charge in [-0.1, -0.05) is 54.6 Å². The SMILES string of the molecule is CC(=O)c1cccc(NC(=O)COc2cc3ccccc3cc2C(=O)Nc2ccccc2C)c1. The molecule has 0 saturated carbocycles. The summed E-state index contributed by atoms with van der Waals surface area (Å²) in [6.45, 7) is 3.08. The predicted octanol–water partition coefficient (Wildman–Crippen LogP) is 5.62. The maximum Gasteiger partial charge on any atom is 0.262 e. The maximum atomic E-state index is 13.1. The quantitative estimate of drug-likeness (QED) is 0.357. The zero-order chi connectivity index (χ0) is 24.1. The van der Waals surface area contributed by atoms with Gasteiger partial charge in [-0.3, -0.25) is 14.4 Å². The minimum atomic E-state index is -0.404.